The van der Waals surface area contributed by atoms with Gasteiger partial charge in [-0.05, 0) is 50.1 Å². The van der Waals surface area contributed by atoms with Crippen LogP contribution >= 0.6 is 0 Å². The summed E-state index contributed by atoms with van der Waals surface area (Å²) in [6.45, 7) is 5.24. The van der Waals surface area contributed by atoms with Crippen LogP contribution in [0.2, 0.25) is 0 Å². The Morgan fingerprint density at radius 1 is 1.07 bits per heavy atom. The maximum Gasteiger partial charge on any atom is 0.338 e. The first-order chi connectivity index (χ1) is 14.3. The minimum Gasteiger partial charge on any atom is -0.449 e. The highest BCUT2D eigenvalue weighted by atomic mass is 16.5. The first kappa shape index (κ1) is 21.1. The van der Waals surface area contributed by atoms with Crippen LogP contribution in [-0.2, 0) is 23.0 Å². The van der Waals surface area contributed by atoms with E-state index in [0.29, 0.717) is 16.9 Å². The van der Waals surface area contributed by atoms with Crippen molar-refractivity contribution in [2.45, 2.75) is 33.3 Å². The Balaban J connectivity index is 1.75. The van der Waals surface area contributed by atoms with Gasteiger partial charge in [0, 0.05) is 7.05 Å². The van der Waals surface area contributed by atoms with Crippen molar-refractivity contribution in [1.82, 2.24) is 9.36 Å². The van der Waals surface area contributed by atoms with E-state index in [0.717, 1.165) is 12.0 Å². The van der Waals surface area contributed by atoms with E-state index in [1.807, 2.05) is 37.3 Å². The minimum atomic E-state index is -1.06. The molecule has 1 amide bonds. The number of carbonyl (C=O) groups excluding carboxylic acids is 2. The summed E-state index contributed by atoms with van der Waals surface area (Å²) in [5.74, 6) is -1.16. The zero-order chi connectivity index (χ0) is 21.8. The number of nitrogens with one attached hydrogen (secondary N) is 1. The Kier molecular flexibility index (Phi) is 6.20. The van der Waals surface area contributed by atoms with Gasteiger partial charge < -0.3 is 10.1 Å². The highest BCUT2D eigenvalue weighted by Gasteiger charge is 2.23. The highest BCUT2D eigenvalue weighted by molar-refractivity contribution is 5.97. The van der Waals surface area contributed by atoms with Crippen LogP contribution in [0.1, 0.15) is 35.5 Å². The molecule has 0 spiro atoms. The van der Waals surface area contributed by atoms with Gasteiger partial charge in [0.25, 0.3) is 11.5 Å². The Morgan fingerprint density at radius 2 is 1.70 bits per heavy atom. The summed E-state index contributed by atoms with van der Waals surface area (Å²) in [6, 6.07) is 16.2. The van der Waals surface area contributed by atoms with Crippen LogP contribution < -0.4 is 10.9 Å². The molecule has 30 heavy (non-hydrogen) atoms. The third kappa shape index (κ3) is 4.20. The van der Waals surface area contributed by atoms with Crippen LogP contribution in [-0.4, -0.2) is 27.3 Å². The van der Waals surface area contributed by atoms with Crippen molar-refractivity contribution < 1.29 is 14.3 Å². The standard InChI is InChI=1S/C23H25N3O4/c1-5-17-11-13-18(14-12-17)23(29)30-16(3)21(27)24-20-15(2)25(4)26(22(20)28)19-9-7-6-8-10-19/h6-14,16H,5H2,1-4H3,(H,24,27). The molecule has 7 nitrogen and oxygen atoms in total. The second-order valence-electron chi connectivity index (χ2n) is 7.02. The monoisotopic (exact) mass is 407 g/mol. The van der Waals surface area contributed by atoms with Crippen LogP contribution in [0.15, 0.2) is 59.4 Å². The number of carbonyl (C=O) groups is 2. The molecule has 0 fully saturated rings. The Morgan fingerprint density at radius 3 is 2.30 bits per heavy atom. The van der Waals surface area contributed by atoms with Crippen molar-refractivity contribution in [3.8, 4) is 5.69 Å². The van der Waals surface area contributed by atoms with Gasteiger partial charge >= 0.3 is 5.97 Å². The number of amides is 1. The third-order valence-electron chi connectivity index (χ3n) is 5.05. The lowest BCUT2D eigenvalue weighted by molar-refractivity contribution is -0.123. The molecule has 156 valence electrons. The molecule has 0 saturated carbocycles. The molecule has 1 N–H and O–H groups in total. The summed E-state index contributed by atoms with van der Waals surface area (Å²) < 4.78 is 8.41. The molecular formula is C23H25N3O4. The average molecular weight is 407 g/mol. The number of ether oxygens (including phenoxy) is 1. The highest BCUT2D eigenvalue weighted by Crippen LogP contribution is 2.15. The topological polar surface area (TPSA) is 82.3 Å². The largest absolute Gasteiger partial charge is 0.449 e. The summed E-state index contributed by atoms with van der Waals surface area (Å²) >= 11 is 0. The fourth-order valence-corrected chi connectivity index (χ4v) is 3.10. The molecule has 3 rings (SSSR count). The molecule has 1 aromatic heterocycles. The minimum absolute atomic E-state index is 0.154. The molecule has 0 aliphatic heterocycles. The van der Waals surface area contributed by atoms with Crippen molar-refractivity contribution in [3.05, 3.63) is 81.8 Å². The molecule has 7 heteroatoms. The van der Waals surface area contributed by atoms with E-state index < -0.39 is 18.0 Å². The van der Waals surface area contributed by atoms with E-state index >= 15 is 0 Å². The summed E-state index contributed by atoms with van der Waals surface area (Å²) in [5.41, 5.74) is 2.54. The SMILES string of the molecule is CCc1ccc(C(=O)OC(C)C(=O)Nc2c(C)n(C)n(-c3ccccc3)c2=O)cc1. The zero-order valence-electron chi connectivity index (χ0n) is 17.5. The quantitative estimate of drug-likeness (QED) is 0.636. The van der Waals surface area contributed by atoms with Gasteiger partial charge in [-0.15, -0.1) is 0 Å². The van der Waals surface area contributed by atoms with Gasteiger partial charge in [-0.1, -0.05) is 37.3 Å². The molecule has 0 saturated heterocycles. The van der Waals surface area contributed by atoms with Crippen molar-refractivity contribution in [2.75, 3.05) is 5.32 Å². The molecular weight excluding hydrogens is 382 g/mol. The van der Waals surface area contributed by atoms with Crippen molar-refractivity contribution in [1.29, 1.82) is 0 Å². The van der Waals surface area contributed by atoms with Crippen LogP contribution in [0, 0.1) is 6.92 Å². The molecule has 0 aliphatic rings. The van der Waals surface area contributed by atoms with Crippen LogP contribution in [0.25, 0.3) is 5.69 Å². The molecule has 3 aromatic rings. The van der Waals surface area contributed by atoms with E-state index in [2.05, 4.69) is 5.32 Å². The number of esters is 1. The second kappa shape index (κ2) is 8.82. The van der Waals surface area contributed by atoms with Gasteiger partial charge in [0.15, 0.2) is 6.10 Å². The predicted molar refractivity (Wildman–Crippen MR) is 115 cm³/mol. The smallest absolute Gasteiger partial charge is 0.338 e. The molecule has 1 unspecified atom stereocenters. The van der Waals surface area contributed by atoms with Crippen molar-refractivity contribution >= 4 is 17.6 Å². The normalized spacial score (nSPS) is 11.7. The first-order valence-corrected chi connectivity index (χ1v) is 9.78. The van der Waals surface area contributed by atoms with E-state index in [1.54, 1.807) is 42.9 Å². The zero-order valence-corrected chi connectivity index (χ0v) is 17.5. The number of benzene rings is 2. The Hall–Kier alpha value is -3.61. The summed E-state index contributed by atoms with van der Waals surface area (Å²) in [4.78, 5) is 37.8. The van der Waals surface area contributed by atoms with E-state index in [9.17, 15) is 14.4 Å². The number of nitrogens with zero attached hydrogens (tertiary/aromatic N) is 2. The van der Waals surface area contributed by atoms with Gasteiger partial charge in [0.2, 0.25) is 0 Å². The average Bonchev–Trinajstić information content (AvgIpc) is 2.97. The number of para-hydroxylation sites is 1. The predicted octanol–water partition coefficient (Wildman–Crippen LogP) is 3.23. The number of anilines is 1. The summed E-state index contributed by atoms with van der Waals surface area (Å²) in [5, 5.41) is 2.61. The molecule has 0 aliphatic carbocycles. The number of hydrogen-bond acceptors (Lipinski definition) is 4. The van der Waals surface area contributed by atoms with Gasteiger partial charge in [-0.25, -0.2) is 9.48 Å². The van der Waals surface area contributed by atoms with Gasteiger partial charge in [0.05, 0.1) is 16.9 Å². The first-order valence-electron chi connectivity index (χ1n) is 9.78. The lowest BCUT2D eigenvalue weighted by Gasteiger charge is -2.13. The Labute approximate surface area is 174 Å². The van der Waals surface area contributed by atoms with Crippen LogP contribution in [0.3, 0.4) is 0 Å². The van der Waals surface area contributed by atoms with Crippen LogP contribution in [0.5, 0.6) is 0 Å². The summed E-state index contributed by atoms with van der Waals surface area (Å²) in [6.07, 6.45) is -0.196. The fourth-order valence-electron chi connectivity index (χ4n) is 3.10. The van der Waals surface area contributed by atoms with Gasteiger partial charge in [-0.3, -0.25) is 14.3 Å². The number of rotatable bonds is 6. The maximum atomic E-state index is 12.9. The second-order valence-corrected chi connectivity index (χ2v) is 7.02. The lowest BCUT2D eigenvalue weighted by Crippen LogP contribution is -2.32. The van der Waals surface area contributed by atoms with Crippen molar-refractivity contribution in [2.24, 2.45) is 7.05 Å². The maximum absolute atomic E-state index is 12.9. The fraction of sp³-hybridized carbons (Fsp3) is 0.261. The number of aryl methyl sites for hydroxylation is 1. The molecule has 0 bridgehead atoms. The molecule has 2 aromatic carbocycles. The lowest BCUT2D eigenvalue weighted by atomic mass is 10.1. The third-order valence-corrected chi connectivity index (χ3v) is 5.05. The van der Waals surface area contributed by atoms with E-state index in [-0.39, 0.29) is 11.2 Å². The molecule has 1 atom stereocenters. The van der Waals surface area contributed by atoms with Gasteiger partial charge in [0.1, 0.15) is 5.69 Å². The van der Waals surface area contributed by atoms with Gasteiger partial charge in [-0.2, -0.15) is 0 Å². The van der Waals surface area contributed by atoms with Crippen molar-refractivity contribution in [3.63, 3.8) is 0 Å². The van der Waals surface area contributed by atoms with Crippen LogP contribution in [0.4, 0.5) is 5.69 Å². The molecule has 0 radical (unpaired) electrons. The van der Waals surface area contributed by atoms with E-state index in [4.69, 9.17) is 4.74 Å². The van der Waals surface area contributed by atoms with E-state index in [1.165, 1.54) is 11.6 Å². The number of aromatic nitrogens is 2. The Bertz CT molecular complexity index is 1110. The number of hydrogen-bond donors (Lipinski definition) is 1. The molecule has 1 heterocycles. The summed E-state index contributed by atoms with van der Waals surface area (Å²) in [7, 11) is 1.74.